The van der Waals surface area contributed by atoms with Crippen molar-refractivity contribution < 1.29 is 27.4 Å². The molecule has 1 atom stereocenters. The third-order valence-corrected chi connectivity index (χ3v) is 0.914. The van der Waals surface area contributed by atoms with Gasteiger partial charge in [0.05, 0.1) is 6.26 Å². The predicted octanol–water partition coefficient (Wildman–Crippen LogP) is 2.23. The largest absolute Gasteiger partial charge is 0.513 e. The maximum atomic E-state index is 11.7. The lowest BCUT2D eigenvalue weighted by atomic mass is 10.4. The Hall–Kier alpha value is -1.20. The van der Waals surface area contributed by atoms with Crippen molar-refractivity contribution in [1.82, 2.24) is 0 Å². The molecule has 0 aromatic rings. The van der Waals surface area contributed by atoms with Crippen molar-refractivity contribution in [3.8, 4) is 0 Å². The van der Waals surface area contributed by atoms with E-state index >= 15 is 0 Å². The van der Waals surface area contributed by atoms with Crippen LogP contribution in [0.4, 0.5) is 18.0 Å². The van der Waals surface area contributed by atoms with Crippen molar-refractivity contribution in [2.75, 3.05) is 0 Å². The first kappa shape index (κ1) is 10.8. The van der Waals surface area contributed by atoms with Crippen LogP contribution in [0, 0.1) is 0 Å². The lowest BCUT2D eigenvalue weighted by Gasteiger charge is -2.14. The monoisotopic (exact) mass is 184 g/mol. The maximum absolute atomic E-state index is 11.7. The Bertz CT molecular complexity index is 175. The molecule has 0 bridgehead atoms. The Labute approximate surface area is 66.8 Å². The molecule has 0 saturated carbocycles. The smallest absolute Gasteiger partial charge is 0.421 e. The number of halogens is 3. The van der Waals surface area contributed by atoms with Gasteiger partial charge in [0.25, 0.3) is 0 Å². The Morgan fingerprint density at radius 3 is 2.42 bits per heavy atom. The van der Waals surface area contributed by atoms with Gasteiger partial charge in [0, 0.05) is 0 Å². The first-order chi connectivity index (χ1) is 5.38. The molecule has 0 spiro atoms. The quantitative estimate of drug-likeness (QED) is 0.487. The van der Waals surface area contributed by atoms with Crippen LogP contribution >= 0.6 is 0 Å². The van der Waals surface area contributed by atoms with Gasteiger partial charge >= 0.3 is 12.3 Å². The van der Waals surface area contributed by atoms with E-state index in [9.17, 15) is 18.0 Å². The number of carbonyl (C=O) groups is 1. The summed E-state index contributed by atoms with van der Waals surface area (Å²) in [7, 11) is 0. The fourth-order valence-corrected chi connectivity index (χ4v) is 0.307. The van der Waals surface area contributed by atoms with Gasteiger partial charge in [-0.3, -0.25) is 0 Å². The van der Waals surface area contributed by atoms with Crippen molar-refractivity contribution in [1.29, 1.82) is 0 Å². The van der Waals surface area contributed by atoms with Crippen molar-refractivity contribution in [2.24, 2.45) is 0 Å². The molecule has 0 heterocycles. The van der Waals surface area contributed by atoms with Crippen LogP contribution in [0.2, 0.25) is 0 Å². The standard InChI is InChI=1S/C6H7F3O3/c1-3-11-5(10)12-4(2)6(7,8)9/h3-4H,1H2,2H3. The Balaban J connectivity index is 3.92. The van der Waals surface area contributed by atoms with E-state index in [0.29, 0.717) is 13.2 Å². The van der Waals surface area contributed by atoms with Gasteiger partial charge in [-0.15, -0.1) is 0 Å². The Morgan fingerprint density at radius 2 is 2.08 bits per heavy atom. The van der Waals surface area contributed by atoms with Crippen LogP contribution in [-0.2, 0) is 9.47 Å². The van der Waals surface area contributed by atoms with Gasteiger partial charge in [-0.05, 0) is 6.92 Å². The van der Waals surface area contributed by atoms with Crippen LogP contribution in [-0.4, -0.2) is 18.4 Å². The molecule has 0 saturated heterocycles. The number of alkyl halides is 3. The number of ether oxygens (including phenoxy) is 2. The van der Waals surface area contributed by atoms with Crippen molar-refractivity contribution >= 4 is 6.16 Å². The summed E-state index contributed by atoms with van der Waals surface area (Å²) < 4.78 is 42.8. The van der Waals surface area contributed by atoms with E-state index in [4.69, 9.17) is 0 Å². The normalized spacial score (nSPS) is 13.3. The van der Waals surface area contributed by atoms with E-state index in [2.05, 4.69) is 16.1 Å². The highest BCUT2D eigenvalue weighted by atomic mass is 19.4. The molecule has 70 valence electrons. The molecule has 0 rings (SSSR count). The number of hydrogen-bond donors (Lipinski definition) is 0. The molecule has 1 unspecified atom stereocenters. The molecular formula is C6H7F3O3. The summed E-state index contributed by atoms with van der Waals surface area (Å²) in [5.74, 6) is 0. The van der Waals surface area contributed by atoms with Gasteiger partial charge in [0.15, 0.2) is 6.10 Å². The molecule has 12 heavy (non-hydrogen) atoms. The lowest BCUT2D eigenvalue weighted by molar-refractivity contribution is -0.201. The van der Waals surface area contributed by atoms with Gasteiger partial charge in [0.2, 0.25) is 0 Å². The van der Waals surface area contributed by atoms with Gasteiger partial charge in [-0.1, -0.05) is 6.58 Å². The molecule has 3 nitrogen and oxygen atoms in total. The fourth-order valence-electron chi connectivity index (χ4n) is 0.307. The van der Waals surface area contributed by atoms with Gasteiger partial charge in [-0.25, -0.2) is 4.79 Å². The average Bonchev–Trinajstić information content (AvgIpc) is 1.85. The Kier molecular flexibility index (Phi) is 3.59. The van der Waals surface area contributed by atoms with E-state index in [-0.39, 0.29) is 0 Å². The van der Waals surface area contributed by atoms with Crippen molar-refractivity contribution in [2.45, 2.75) is 19.2 Å². The van der Waals surface area contributed by atoms with E-state index < -0.39 is 18.4 Å². The summed E-state index contributed by atoms with van der Waals surface area (Å²) >= 11 is 0. The second-order valence-corrected chi connectivity index (χ2v) is 1.84. The van der Waals surface area contributed by atoms with Gasteiger partial charge in [0.1, 0.15) is 0 Å². The average molecular weight is 184 g/mol. The first-order valence-electron chi connectivity index (χ1n) is 2.92. The van der Waals surface area contributed by atoms with Crippen molar-refractivity contribution in [3.63, 3.8) is 0 Å². The zero-order chi connectivity index (χ0) is 9.78. The topological polar surface area (TPSA) is 35.5 Å². The molecule has 0 radical (unpaired) electrons. The molecule has 0 aliphatic carbocycles. The maximum Gasteiger partial charge on any atom is 0.513 e. The summed E-state index contributed by atoms with van der Waals surface area (Å²) in [6.07, 6.45) is -7.48. The lowest BCUT2D eigenvalue weighted by Crippen LogP contribution is -2.30. The molecule has 0 fully saturated rings. The van der Waals surface area contributed by atoms with E-state index in [0.717, 1.165) is 0 Å². The number of hydrogen-bond acceptors (Lipinski definition) is 3. The highest BCUT2D eigenvalue weighted by Gasteiger charge is 2.39. The minimum Gasteiger partial charge on any atom is -0.421 e. The second-order valence-electron chi connectivity index (χ2n) is 1.84. The predicted molar refractivity (Wildman–Crippen MR) is 33.3 cm³/mol. The highest BCUT2D eigenvalue weighted by Crippen LogP contribution is 2.22. The zero-order valence-electron chi connectivity index (χ0n) is 6.22. The third kappa shape index (κ3) is 3.85. The van der Waals surface area contributed by atoms with E-state index in [1.165, 1.54) is 0 Å². The fraction of sp³-hybridized carbons (Fsp3) is 0.500. The zero-order valence-corrected chi connectivity index (χ0v) is 6.22. The van der Waals surface area contributed by atoms with E-state index in [1.54, 1.807) is 0 Å². The second kappa shape index (κ2) is 3.99. The summed E-state index contributed by atoms with van der Waals surface area (Å²) in [5.41, 5.74) is 0. The summed E-state index contributed by atoms with van der Waals surface area (Å²) in [4.78, 5) is 10.3. The molecule has 0 aromatic carbocycles. The highest BCUT2D eigenvalue weighted by molar-refractivity contribution is 5.60. The minimum atomic E-state index is -4.57. The van der Waals surface area contributed by atoms with Crippen LogP contribution in [0.15, 0.2) is 12.8 Å². The third-order valence-electron chi connectivity index (χ3n) is 0.914. The molecule has 6 heteroatoms. The molecule has 0 aromatic heterocycles. The minimum absolute atomic E-state index is 0.686. The SMILES string of the molecule is C=COC(=O)OC(C)C(F)(F)F. The van der Waals surface area contributed by atoms with Crippen molar-refractivity contribution in [3.05, 3.63) is 12.8 Å². The van der Waals surface area contributed by atoms with Crippen LogP contribution in [0.25, 0.3) is 0 Å². The van der Waals surface area contributed by atoms with Crippen LogP contribution in [0.5, 0.6) is 0 Å². The van der Waals surface area contributed by atoms with Crippen LogP contribution in [0.1, 0.15) is 6.92 Å². The van der Waals surface area contributed by atoms with Crippen LogP contribution < -0.4 is 0 Å². The molecule has 0 aliphatic rings. The summed E-state index contributed by atoms with van der Waals surface area (Å²) in [6.45, 7) is 3.66. The first-order valence-corrected chi connectivity index (χ1v) is 2.92. The molecule has 0 aliphatic heterocycles. The van der Waals surface area contributed by atoms with Gasteiger partial charge < -0.3 is 9.47 Å². The molecule has 0 N–H and O–H groups in total. The Morgan fingerprint density at radius 1 is 1.58 bits per heavy atom. The molecular weight excluding hydrogens is 177 g/mol. The number of carbonyl (C=O) groups excluding carboxylic acids is 1. The summed E-state index contributed by atoms with van der Waals surface area (Å²) in [5, 5.41) is 0. The molecule has 0 amide bonds. The summed E-state index contributed by atoms with van der Waals surface area (Å²) in [6, 6.07) is 0. The van der Waals surface area contributed by atoms with Crippen LogP contribution in [0.3, 0.4) is 0 Å². The van der Waals surface area contributed by atoms with Gasteiger partial charge in [-0.2, -0.15) is 13.2 Å². The van der Waals surface area contributed by atoms with E-state index in [1.807, 2.05) is 0 Å². The number of rotatable bonds is 2.